The highest BCUT2D eigenvalue weighted by Gasteiger charge is 2.13. The van der Waals surface area contributed by atoms with E-state index in [9.17, 15) is 5.11 Å². The van der Waals surface area contributed by atoms with Gasteiger partial charge in [0.05, 0.1) is 0 Å². The first-order valence-corrected chi connectivity index (χ1v) is 4.36. The minimum absolute atomic E-state index is 0.535. The highest BCUT2D eigenvalue weighted by atomic mass is 16.4. The zero-order valence-electron chi connectivity index (χ0n) is 7.74. The van der Waals surface area contributed by atoms with E-state index in [0.29, 0.717) is 5.76 Å². The van der Waals surface area contributed by atoms with Gasteiger partial charge in [-0.1, -0.05) is 18.2 Å². The molecule has 1 N–H and O–H groups in total. The zero-order chi connectivity index (χ0) is 9.42. The van der Waals surface area contributed by atoms with Crippen LogP contribution in [-0.4, -0.2) is 5.11 Å². The van der Waals surface area contributed by atoms with Gasteiger partial charge in [-0.15, -0.1) is 0 Å². The molecule has 1 aromatic heterocycles. The average Bonchev–Trinajstić information content (AvgIpc) is 2.45. The second kappa shape index (κ2) is 2.89. The first kappa shape index (κ1) is 8.32. The van der Waals surface area contributed by atoms with Crippen molar-refractivity contribution in [3.05, 3.63) is 35.6 Å². The Balaban J connectivity index is 2.74. The normalized spacial score (nSPS) is 13.5. The van der Waals surface area contributed by atoms with Gasteiger partial charge in [-0.2, -0.15) is 0 Å². The van der Waals surface area contributed by atoms with E-state index in [1.54, 1.807) is 6.92 Å². The summed E-state index contributed by atoms with van der Waals surface area (Å²) in [6, 6.07) is 7.81. The van der Waals surface area contributed by atoms with Gasteiger partial charge in [0.2, 0.25) is 0 Å². The quantitative estimate of drug-likeness (QED) is 0.724. The Kier molecular flexibility index (Phi) is 1.85. The first-order chi connectivity index (χ1) is 6.20. The Morgan fingerprint density at radius 1 is 1.31 bits per heavy atom. The molecule has 0 radical (unpaired) electrons. The fourth-order valence-electron chi connectivity index (χ4n) is 1.59. The van der Waals surface area contributed by atoms with E-state index in [4.69, 9.17) is 4.42 Å². The number of aliphatic hydroxyl groups is 1. The molecule has 0 saturated carbocycles. The number of benzene rings is 1. The maximum Gasteiger partial charge on any atom is 0.136 e. The van der Waals surface area contributed by atoms with Crippen LogP contribution < -0.4 is 0 Å². The summed E-state index contributed by atoms with van der Waals surface area (Å²) in [6.07, 6.45) is -0.535. The van der Waals surface area contributed by atoms with Crippen LogP contribution in [0, 0.1) is 6.92 Å². The largest absolute Gasteiger partial charge is 0.458 e. The van der Waals surface area contributed by atoms with Crippen LogP contribution in [0.1, 0.15) is 24.4 Å². The molecule has 2 heteroatoms. The van der Waals surface area contributed by atoms with Gasteiger partial charge in [-0.3, -0.25) is 0 Å². The molecule has 0 fully saturated rings. The van der Waals surface area contributed by atoms with Crippen molar-refractivity contribution in [1.29, 1.82) is 0 Å². The fourth-order valence-corrected chi connectivity index (χ4v) is 1.59. The molecule has 0 spiro atoms. The molecule has 13 heavy (non-hydrogen) atoms. The number of rotatable bonds is 1. The zero-order valence-corrected chi connectivity index (χ0v) is 7.74. The van der Waals surface area contributed by atoms with E-state index in [1.165, 1.54) is 0 Å². The molecule has 0 aliphatic heterocycles. The lowest BCUT2D eigenvalue weighted by Crippen LogP contribution is -1.89. The van der Waals surface area contributed by atoms with Crippen molar-refractivity contribution in [2.75, 3.05) is 0 Å². The summed E-state index contributed by atoms with van der Waals surface area (Å²) < 4.78 is 5.51. The number of hydrogen-bond donors (Lipinski definition) is 1. The minimum Gasteiger partial charge on any atom is -0.458 e. The smallest absolute Gasteiger partial charge is 0.136 e. The van der Waals surface area contributed by atoms with Gasteiger partial charge in [0.1, 0.15) is 17.4 Å². The molecule has 0 saturated heterocycles. The summed E-state index contributed by atoms with van der Waals surface area (Å²) >= 11 is 0. The molecular formula is C11H12O2. The molecule has 0 aliphatic rings. The summed E-state index contributed by atoms with van der Waals surface area (Å²) in [7, 11) is 0. The van der Waals surface area contributed by atoms with Crippen LogP contribution in [0.5, 0.6) is 0 Å². The average molecular weight is 176 g/mol. The van der Waals surface area contributed by atoms with Crippen molar-refractivity contribution in [1.82, 2.24) is 0 Å². The molecule has 1 unspecified atom stereocenters. The summed E-state index contributed by atoms with van der Waals surface area (Å²) in [4.78, 5) is 0. The second-order valence-electron chi connectivity index (χ2n) is 3.26. The second-order valence-corrected chi connectivity index (χ2v) is 3.26. The van der Waals surface area contributed by atoms with Crippen molar-refractivity contribution >= 4 is 11.0 Å². The van der Waals surface area contributed by atoms with Gasteiger partial charge in [0.15, 0.2) is 0 Å². The molecule has 1 atom stereocenters. The lowest BCUT2D eigenvalue weighted by Gasteiger charge is -1.99. The predicted octanol–water partition coefficient (Wildman–Crippen LogP) is 2.79. The van der Waals surface area contributed by atoms with Crippen molar-refractivity contribution < 1.29 is 9.52 Å². The number of fused-ring (bicyclic) bond motifs is 1. The SMILES string of the molecule is Cc1c(C(C)O)oc2ccccc12. The van der Waals surface area contributed by atoms with E-state index in [0.717, 1.165) is 16.5 Å². The number of furan rings is 1. The molecule has 2 nitrogen and oxygen atoms in total. The van der Waals surface area contributed by atoms with Crippen LogP contribution in [0.3, 0.4) is 0 Å². The molecule has 0 bridgehead atoms. The number of hydrogen-bond acceptors (Lipinski definition) is 2. The maximum absolute atomic E-state index is 9.41. The lowest BCUT2D eigenvalue weighted by atomic mass is 10.1. The van der Waals surface area contributed by atoms with Gasteiger partial charge >= 0.3 is 0 Å². The highest BCUT2D eigenvalue weighted by Crippen LogP contribution is 2.28. The van der Waals surface area contributed by atoms with Gasteiger partial charge in [-0.05, 0) is 19.9 Å². The molecule has 1 heterocycles. The molecule has 1 aromatic carbocycles. The van der Waals surface area contributed by atoms with E-state index < -0.39 is 6.10 Å². The van der Waals surface area contributed by atoms with Crippen LogP contribution in [0.4, 0.5) is 0 Å². The Morgan fingerprint density at radius 3 is 2.62 bits per heavy atom. The van der Waals surface area contributed by atoms with Crippen LogP contribution in [-0.2, 0) is 0 Å². The van der Waals surface area contributed by atoms with Crippen LogP contribution in [0.15, 0.2) is 28.7 Å². The number of aliphatic hydroxyl groups excluding tert-OH is 1. The predicted molar refractivity (Wildman–Crippen MR) is 51.6 cm³/mol. The third-order valence-corrected chi connectivity index (χ3v) is 2.26. The first-order valence-electron chi connectivity index (χ1n) is 4.36. The minimum atomic E-state index is -0.535. The van der Waals surface area contributed by atoms with E-state index in [1.807, 2.05) is 31.2 Å². The van der Waals surface area contributed by atoms with Gasteiger partial charge in [0, 0.05) is 10.9 Å². The molecule has 68 valence electrons. The van der Waals surface area contributed by atoms with E-state index in [-0.39, 0.29) is 0 Å². The fraction of sp³-hybridized carbons (Fsp3) is 0.273. The summed E-state index contributed by atoms with van der Waals surface area (Å²) in [5.41, 5.74) is 1.88. The van der Waals surface area contributed by atoms with Gasteiger partial charge < -0.3 is 9.52 Å². The van der Waals surface area contributed by atoms with Crippen LogP contribution >= 0.6 is 0 Å². The van der Waals surface area contributed by atoms with Crippen molar-refractivity contribution in [3.8, 4) is 0 Å². The summed E-state index contributed by atoms with van der Waals surface area (Å²) in [6.45, 7) is 3.68. The Labute approximate surface area is 76.8 Å². The monoisotopic (exact) mass is 176 g/mol. The van der Waals surface area contributed by atoms with Crippen LogP contribution in [0.25, 0.3) is 11.0 Å². The highest BCUT2D eigenvalue weighted by molar-refractivity contribution is 5.81. The third-order valence-electron chi connectivity index (χ3n) is 2.26. The van der Waals surface area contributed by atoms with Crippen LogP contribution in [0.2, 0.25) is 0 Å². The third kappa shape index (κ3) is 1.23. The number of aryl methyl sites for hydroxylation is 1. The molecule has 2 rings (SSSR count). The van der Waals surface area contributed by atoms with Crippen molar-refractivity contribution in [2.24, 2.45) is 0 Å². The Morgan fingerprint density at radius 2 is 2.00 bits per heavy atom. The standard InChI is InChI=1S/C11H12O2/c1-7-9-5-3-4-6-10(9)13-11(7)8(2)12/h3-6,8,12H,1-2H3. The molecule has 0 amide bonds. The summed E-state index contributed by atoms with van der Waals surface area (Å²) in [5.74, 6) is 0.668. The molecular weight excluding hydrogens is 164 g/mol. The van der Waals surface area contributed by atoms with Crippen molar-refractivity contribution in [3.63, 3.8) is 0 Å². The Bertz CT molecular complexity index is 427. The molecule has 0 aliphatic carbocycles. The molecule has 2 aromatic rings. The van der Waals surface area contributed by atoms with Gasteiger partial charge in [0.25, 0.3) is 0 Å². The maximum atomic E-state index is 9.41. The summed E-state index contributed by atoms with van der Waals surface area (Å²) in [5, 5.41) is 10.5. The Hall–Kier alpha value is -1.28. The van der Waals surface area contributed by atoms with E-state index >= 15 is 0 Å². The lowest BCUT2D eigenvalue weighted by molar-refractivity contribution is 0.171. The van der Waals surface area contributed by atoms with Gasteiger partial charge in [-0.25, -0.2) is 0 Å². The number of para-hydroxylation sites is 1. The van der Waals surface area contributed by atoms with Crippen molar-refractivity contribution in [2.45, 2.75) is 20.0 Å². The van der Waals surface area contributed by atoms with E-state index in [2.05, 4.69) is 0 Å². The topological polar surface area (TPSA) is 33.4 Å².